The van der Waals surface area contributed by atoms with E-state index in [0.29, 0.717) is 6.04 Å². The van der Waals surface area contributed by atoms with Crippen LogP contribution in [0.4, 0.5) is 0 Å². The summed E-state index contributed by atoms with van der Waals surface area (Å²) in [4.78, 5) is 5.46. The van der Waals surface area contributed by atoms with Gasteiger partial charge in [-0.05, 0) is 52.6 Å². The van der Waals surface area contributed by atoms with E-state index < -0.39 is 0 Å². The third-order valence-corrected chi connectivity index (χ3v) is 6.24. The first-order valence-electron chi connectivity index (χ1n) is 7.68. The minimum atomic E-state index is 0.343. The molecule has 1 aliphatic heterocycles. The number of hydrogen-bond donors (Lipinski definition) is 0. The first kappa shape index (κ1) is 14.6. The van der Waals surface area contributed by atoms with Crippen LogP contribution < -0.4 is 0 Å². The fourth-order valence-corrected chi connectivity index (χ4v) is 5.07. The Bertz CT molecular complexity index is 842. The van der Waals surface area contributed by atoms with Crippen LogP contribution in [0.25, 0.3) is 0 Å². The van der Waals surface area contributed by atoms with Crippen molar-refractivity contribution in [3.8, 4) is 6.07 Å². The van der Waals surface area contributed by atoms with Crippen molar-refractivity contribution in [1.29, 1.82) is 5.26 Å². The molecule has 1 atom stereocenters. The van der Waals surface area contributed by atoms with Gasteiger partial charge in [-0.25, -0.2) is 0 Å². The van der Waals surface area contributed by atoms with Gasteiger partial charge in [-0.3, -0.25) is 4.90 Å². The highest BCUT2D eigenvalue weighted by Gasteiger charge is 2.30. The van der Waals surface area contributed by atoms with Crippen molar-refractivity contribution in [2.45, 2.75) is 19.0 Å². The topological polar surface area (TPSA) is 27.0 Å². The van der Waals surface area contributed by atoms with Gasteiger partial charge in [0, 0.05) is 22.8 Å². The third-order valence-electron chi connectivity index (χ3n) is 4.32. The van der Waals surface area contributed by atoms with Gasteiger partial charge in [0.2, 0.25) is 0 Å². The molecule has 0 N–H and O–H groups in total. The predicted octanol–water partition coefficient (Wildman–Crippen LogP) is 4.83. The average molecular weight is 336 g/mol. The van der Waals surface area contributed by atoms with Gasteiger partial charge in [-0.15, -0.1) is 22.7 Å². The highest BCUT2D eigenvalue weighted by molar-refractivity contribution is 7.10. The Balaban J connectivity index is 1.68. The number of thiophene rings is 2. The second-order valence-corrected chi connectivity index (χ2v) is 7.73. The molecule has 0 bridgehead atoms. The first-order valence-corrected chi connectivity index (χ1v) is 9.44. The summed E-state index contributed by atoms with van der Waals surface area (Å²) in [7, 11) is 0. The van der Waals surface area contributed by atoms with E-state index in [0.717, 1.165) is 25.1 Å². The van der Waals surface area contributed by atoms with Gasteiger partial charge in [0.05, 0.1) is 17.7 Å². The second-order valence-electron chi connectivity index (χ2n) is 5.75. The van der Waals surface area contributed by atoms with E-state index in [2.05, 4.69) is 46.0 Å². The first-order chi connectivity index (χ1) is 11.3. The van der Waals surface area contributed by atoms with E-state index in [4.69, 9.17) is 5.26 Å². The molecule has 3 aromatic rings. The van der Waals surface area contributed by atoms with Crippen LogP contribution in [0, 0.1) is 11.3 Å². The van der Waals surface area contributed by atoms with Gasteiger partial charge in [-0.1, -0.05) is 18.2 Å². The molecule has 0 saturated heterocycles. The summed E-state index contributed by atoms with van der Waals surface area (Å²) in [5.41, 5.74) is 3.41. The minimum Gasteiger partial charge on any atom is -0.287 e. The summed E-state index contributed by atoms with van der Waals surface area (Å²) in [6.45, 7) is 1.94. The fourth-order valence-electron chi connectivity index (χ4n) is 3.29. The lowest BCUT2D eigenvalue weighted by atomic mass is 9.97. The summed E-state index contributed by atoms with van der Waals surface area (Å²) in [5.74, 6) is 0. The maximum atomic E-state index is 9.11. The quantitative estimate of drug-likeness (QED) is 0.685. The summed E-state index contributed by atoms with van der Waals surface area (Å²) < 4.78 is 0. The summed E-state index contributed by atoms with van der Waals surface area (Å²) in [6, 6.07) is 17.2. The fraction of sp³-hybridized carbons (Fsp3) is 0.211. The molecule has 0 saturated carbocycles. The molecular weight excluding hydrogens is 320 g/mol. The Morgan fingerprint density at radius 2 is 2.09 bits per heavy atom. The molecule has 1 unspecified atom stereocenters. The molecule has 4 rings (SSSR count). The molecule has 2 nitrogen and oxygen atoms in total. The van der Waals surface area contributed by atoms with Crippen LogP contribution in [0.2, 0.25) is 0 Å². The number of rotatable bonds is 3. The highest BCUT2D eigenvalue weighted by Crippen LogP contribution is 2.40. The maximum Gasteiger partial charge on any atom is 0.0991 e. The largest absolute Gasteiger partial charge is 0.287 e. The zero-order valence-electron chi connectivity index (χ0n) is 12.6. The van der Waals surface area contributed by atoms with Crippen LogP contribution in [-0.4, -0.2) is 11.4 Å². The van der Waals surface area contributed by atoms with E-state index in [1.165, 1.54) is 20.9 Å². The Morgan fingerprint density at radius 1 is 1.13 bits per heavy atom. The van der Waals surface area contributed by atoms with Gasteiger partial charge in [-0.2, -0.15) is 5.26 Å². The lowest BCUT2D eigenvalue weighted by molar-refractivity contribution is 0.209. The van der Waals surface area contributed by atoms with Gasteiger partial charge in [0.25, 0.3) is 0 Å². The van der Waals surface area contributed by atoms with Gasteiger partial charge in [0.15, 0.2) is 0 Å². The third kappa shape index (κ3) is 2.84. The number of nitriles is 1. The van der Waals surface area contributed by atoms with Crippen molar-refractivity contribution in [2.24, 2.45) is 0 Å². The number of nitrogens with zero attached hydrogens (tertiary/aromatic N) is 2. The highest BCUT2D eigenvalue weighted by atomic mass is 32.1. The maximum absolute atomic E-state index is 9.11. The monoisotopic (exact) mass is 336 g/mol. The molecule has 114 valence electrons. The van der Waals surface area contributed by atoms with Crippen LogP contribution in [0.3, 0.4) is 0 Å². The van der Waals surface area contributed by atoms with Crippen molar-refractivity contribution in [2.75, 3.05) is 6.54 Å². The molecule has 0 fully saturated rings. The SMILES string of the molecule is N#Cc1cccc(CN2CCc3sccc3C2c2cccs2)c1. The van der Waals surface area contributed by atoms with Crippen molar-refractivity contribution < 1.29 is 0 Å². The van der Waals surface area contributed by atoms with E-state index >= 15 is 0 Å². The molecular formula is C19H16N2S2. The number of fused-ring (bicyclic) bond motifs is 1. The molecule has 2 aromatic heterocycles. The van der Waals surface area contributed by atoms with Crippen LogP contribution in [-0.2, 0) is 13.0 Å². The molecule has 1 aromatic carbocycles. The van der Waals surface area contributed by atoms with E-state index in [9.17, 15) is 0 Å². The van der Waals surface area contributed by atoms with Gasteiger partial charge in [0.1, 0.15) is 0 Å². The smallest absolute Gasteiger partial charge is 0.0991 e. The van der Waals surface area contributed by atoms with Crippen molar-refractivity contribution in [3.63, 3.8) is 0 Å². The average Bonchev–Trinajstić information content (AvgIpc) is 3.26. The predicted molar refractivity (Wildman–Crippen MR) is 95.8 cm³/mol. The van der Waals surface area contributed by atoms with Crippen LogP contribution >= 0.6 is 22.7 Å². The summed E-state index contributed by atoms with van der Waals surface area (Å²) in [6.07, 6.45) is 1.12. The lowest BCUT2D eigenvalue weighted by Gasteiger charge is -2.35. The van der Waals surface area contributed by atoms with E-state index in [1.54, 1.807) is 0 Å². The molecule has 1 aliphatic rings. The molecule has 0 amide bonds. The van der Waals surface area contributed by atoms with Crippen molar-refractivity contribution in [1.82, 2.24) is 4.90 Å². The summed E-state index contributed by atoms with van der Waals surface area (Å²) in [5, 5.41) is 13.5. The normalized spacial score (nSPS) is 17.6. The molecule has 0 radical (unpaired) electrons. The Morgan fingerprint density at radius 3 is 2.91 bits per heavy atom. The zero-order valence-corrected chi connectivity index (χ0v) is 14.2. The van der Waals surface area contributed by atoms with Crippen LogP contribution in [0.1, 0.15) is 32.5 Å². The van der Waals surface area contributed by atoms with Crippen LogP contribution in [0.5, 0.6) is 0 Å². The molecule has 0 aliphatic carbocycles. The number of benzene rings is 1. The lowest BCUT2D eigenvalue weighted by Crippen LogP contribution is -2.34. The number of hydrogen-bond acceptors (Lipinski definition) is 4. The van der Waals surface area contributed by atoms with Gasteiger partial charge < -0.3 is 0 Å². The molecule has 23 heavy (non-hydrogen) atoms. The van der Waals surface area contributed by atoms with Gasteiger partial charge >= 0.3 is 0 Å². The molecule has 4 heteroatoms. The van der Waals surface area contributed by atoms with Crippen LogP contribution in [0.15, 0.2) is 53.2 Å². The Hall–Kier alpha value is -1.93. The zero-order chi connectivity index (χ0) is 15.6. The van der Waals surface area contributed by atoms with E-state index in [-0.39, 0.29) is 0 Å². The Labute approximate surface area is 144 Å². The standard InChI is InChI=1S/C19H16N2S2/c20-12-14-3-1-4-15(11-14)13-21-8-6-17-16(7-10-23-17)19(21)18-5-2-9-22-18/h1-5,7,9-11,19H,6,8,13H2. The molecule has 3 heterocycles. The van der Waals surface area contributed by atoms with Crippen molar-refractivity contribution in [3.05, 3.63) is 79.7 Å². The second kappa shape index (κ2) is 6.29. The Kier molecular flexibility index (Phi) is 4.00. The van der Waals surface area contributed by atoms with E-state index in [1.807, 2.05) is 40.9 Å². The minimum absolute atomic E-state index is 0.343. The molecule has 0 spiro atoms. The summed E-state index contributed by atoms with van der Waals surface area (Å²) >= 11 is 3.70. The van der Waals surface area contributed by atoms with Crippen molar-refractivity contribution >= 4 is 22.7 Å².